The third-order valence-corrected chi connectivity index (χ3v) is 5.91. The van der Waals surface area contributed by atoms with E-state index in [2.05, 4.69) is 10.3 Å². The van der Waals surface area contributed by atoms with Crippen molar-refractivity contribution in [2.24, 2.45) is 5.73 Å². The maximum absolute atomic E-state index is 12.8. The number of rotatable bonds is 5. The summed E-state index contributed by atoms with van der Waals surface area (Å²) in [6, 6.07) is 1.10. The predicted octanol–water partition coefficient (Wildman–Crippen LogP) is -0.311. The van der Waals surface area contributed by atoms with Gasteiger partial charge in [-0.2, -0.15) is 0 Å². The van der Waals surface area contributed by atoms with Gasteiger partial charge in [0.05, 0.1) is 49.3 Å². The van der Waals surface area contributed by atoms with E-state index in [1.807, 2.05) is 4.90 Å². The highest BCUT2D eigenvalue weighted by Crippen LogP contribution is 2.39. The number of methoxy groups -OCH3 is 1. The minimum atomic E-state index is -1.13. The van der Waals surface area contributed by atoms with Gasteiger partial charge in [0.25, 0.3) is 12.4 Å². The molecule has 2 amide bonds. The van der Waals surface area contributed by atoms with E-state index in [1.165, 1.54) is 13.3 Å². The van der Waals surface area contributed by atoms with E-state index in [9.17, 15) is 14.7 Å². The molecule has 11 heteroatoms. The Morgan fingerprint density at radius 1 is 1.44 bits per heavy atom. The summed E-state index contributed by atoms with van der Waals surface area (Å²) >= 11 is 0. The first-order valence-electron chi connectivity index (χ1n) is 10.3. The molecule has 3 heterocycles. The molecular formula is C21H32N4O7. The Bertz CT molecular complexity index is 822. The Morgan fingerprint density at radius 3 is 2.59 bits per heavy atom. The van der Waals surface area contributed by atoms with Crippen molar-refractivity contribution >= 4 is 18.3 Å². The number of nitrogens with two attached hydrogens (primary N) is 1. The van der Waals surface area contributed by atoms with E-state index in [0.717, 1.165) is 0 Å². The first kappa shape index (κ1) is 25.5. The lowest BCUT2D eigenvalue weighted by molar-refractivity contribution is -0.186. The van der Waals surface area contributed by atoms with Crippen LogP contribution in [0.2, 0.25) is 0 Å². The van der Waals surface area contributed by atoms with Crippen LogP contribution in [0.5, 0.6) is 5.75 Å². The van der Waals surface area contributed by atoms with Crippen LogP contribution in [-0.2, 0) is 14.3 Å². The van der Waals surface area contributed by atoms with Crippen LogP contribution in [0.1, 0.15) is 42.2 Å². The average molecular weight is 453 g/mol. The van der Waals surface area contributed by atoms with Crippen LogP contribution >= 0.6 is 0 Å². The van der Waals surface area contributed by atoms with E-state index in [4.69, 9.17) is 25.1 Å². The summed E-state index contributed by atoms with van der Waals surface area (Å²) in [6.45, 7) is 5.09. The van der Waals surface area contributed by atoms with E-state index in [1.54, 1.807) is 19.9 Å². The summed E-state index contributed by atoms with van der Waals surface area (Å²) in [5.41, 5.74) is 4.76. The SMILES string of the molecule is COc1cnc(C)cc1C(=O)N[C@H]1COC2(CCN(CC(N)=O)CC2)C[C@]1(C)O.O=CO. The summed E-state index contributed by atoms with van der Waals surface area (Å²) in [5.74, 6) is -0.307. The second-order valence-corrected chi connectivity index (χ2v) is 8.43. The van der Waals surface area contributed by atoms with Crippen molar-refractivity contribution in [3.8, 4) is 5.75 Å². The Morgan fingerprint density at radius 2 is 2.06 bits per heavy atom. The van der Waals surface area contributed by atoms with Gasteiger partial charge in [-0.3, -0.25) is 24.3 Å². The minimum Gasteiger partial charge on any atom is -0.494 e. The van der Waals surface area contributed by atoms with Crippen molar-refractivity contribution in [2.75, 3.05) is 33.4 Å². The number of aliphatic hydroxyl groups is 1. The van der Waals surface area contributed by atoms with Crippen molar-refractivity contribution in [3.05, 3.63) is 23.5 Å². The second kappa shape index (κ2) is 10.7. The molecule has 0 unspecified atom stereocenters. The number of pyridine rings is 1. The third kappa shape index (κ3) is 6.38. The van der Waals surface area contributed by atoms with Crippen molar-refractivity contribution in [3.63, 3.8) is 0 Å². The number of piperidine rings is 1. The molecule has 2 aliphatic rings. The van der Waals surface area contributed by atoms with Crippen LogP contribution in [0.25, 0.3) is 0 Å². The van der Waals surface area contributed by atoms with Crippen LogP contribution in [0.3, 0.4) is 0 Å². The van der Waals surface area contributed by atoms with E-state index in [0.29, 0.717) is 49.4 Å². The summed E-state index contributed by atoms with van der Waals surface area (Å²) in [4.78, 5) is 38.4. The van der Waals surface area contributed by atoms with Crippen LogP contribution in [-0.4, -0.2) is 89.0 Å². The lowest BCUT2D eigenvalue weighted by Gasteiger charge is -2.51. The summed E-state index contributed by atoms with van der Waals surface area (Å²) in [5, 5.41) is 20.9. The lowest BCUT2D eigenvalue weighted by Crippen LogP contribution is -2.64. The number of carbonyl (C=O) groups excluding carboxylic acids is 2. The number of amides is 2. The van der Waals surface area contributed by atoms with Gasteiger partial charge >= 0.3 is 0 Å². The molecule has 0 aliphatic carbocycles. The number of hydrogen-bond donors (Lipinski definition) is 4. The standard InChI is InChI=1S/C20H30N4O5.CH2O2/c1-13-8-14(15(28-3)9-22-13)18(26)23-16-11-29-20(12-19(16,2)27)4-6-24(7-5-20)10-17(21)25;2-1-3/h8-9,16,27H,4-7,10-12H2,1-3H3,(H2,21,25)(H,23,26);1H,(H,2,3)/t16-,19-;/m0./s1. The molecule has 178 valence electrons. The van der Waals surface area contributed by atoms with Crippen LogP contribution < -0.4 is 15.8 Å². The molecular weight excluding hydrogens is 420 g/mol. The largest absolute Gasteiger partial charge is 0.494 e. The topological polar surface area (TPSA) is 164 Å². The fourth-order valence-corrected chi connectivity index (χ4v) is 4.25. The molecule has 1 aromatic heterocycles. The van der Waals surface area contributed by atoms with Crippen LogP contribution in [0.4, 0.5) is 0 Å². The molecule has 2 atom stereocenters. The summed E-state index contributed by atoms with van der Waals surface area (Å²) < 4.78 is 11.4. The summed E-state index contributed by atoms with van der Waals surface area (Å²) in [6.07, 6.45) is 3.32. The smallest absolute Gasteiger partial charge is 0.290 e. The van der Waals surface area contributed by atoms with Crippen molar-refractivity contribution < 1.29 is 34.1 Å². The molecule has 1 spiro atoms. The fourth-order valence-electron chi connectivity index (χ4n) is 4.25. The van der Waals surface area contributed by atoms with Gasteiger partial charge in [0, 0.05) is 25.2 Å². The van der Waals surface area contributed by atoms with Gasteiger partial charge in [-0.1, -0.05) is 0 Å². The average Bonchev–Trinajstić information content (AvgIpc) is 2.72. The number of hydrogen-bond acceptors (Lipinski definition) is 8. The van der Waals surface area contributed by atoms with E-state index >= 15 is 0 Å². The molecule has 2 fully saturated rings. The Hall–Kier alpha value is -2.76. The number of nitrogens with zero attached hydrogens (tertiary/aromatic N) is 2. The predicted molar refractivity (Wildman–Crippen MR) is 114 cm³/mol. The Kier molecular flexibility index (Phi) is 8.53. The molecule has 0 saturated carbocycles. The molecule has 0 aromatic carbocycles. The second-order valence-electron chi connectivity index (χ2n) is 8.43. The van der Waals surface area contributed by atoms with Gasteiger partial charge in [-0.25, -0.2) is 0 Å². The number of nitrogens with one attached hydrogen (secondary N) is 1. The lowest BCUT2D eigenvalue weighted by atomic mass is 9.75. The zero-order valence-electron chi connectivity index (χ0n) is 18.7. The first-order valence-corrected chi connectivity index (χ1v) is 10.3. The number of carboxylic acid groups (broad SMARTS) is 1. The number of aryl methyl sites for hydroxylation is 1. The van der Waals surface area contributed by atoms with Crippen molar-refractivity contribution in [1.82, 2.24) is 15.2 Å². The molecule has 5 N–H and O–H groups in total. The van der Waals surface area contributed by atoms with E-state index < -0.39 is 17.2 Å². The highest BCUT2D eigenvalue weighted by Gasteiger charge is 2.49. The zero-order chi connectivity index (χ0) is 23.9. The number of primary amides is 1. The van der Waals surface area contributed by atoms with Crippen LogP contribution in [0, 0.1) is 6.92 Å². The van der Waals surface area contributed by atoms with Crippen molar-refractivity contribution in [2.45, 2.75) is 50.4 Å². The maximum atomic E-state index is 12.8. The normalized spacial score (nSPS) is 24.7. The highest BCUT2D eigenvalue weighted by molar-refractivity contribution is 5.97. The molecule has 1 aromatic rings. The van der Waals surface area contributed by atoms with Gasteiger partial charge in [-0.05, 0) is 32.8 Å². The molecule has 3 rings (SSSR count). The van der Waals surface area contributed by atoms with Gasteiger partial charge in [0.1, 0.15) is 5.75 Å². The monoisotopic (exact) mass is 452 g/mol. The fraction of sp³-hybridized carbons (Fsp3) is 0.619. The number of carbonyl (C=O) groups is 3. The number of ether oxygens (including phenoxy) is 2. The molecule has 11 nitrogen and oxygen atoms in total. The highest BCUT2D eigenvalue weighted by atomic mass is 16.5. The Labute approximate surface area is 186 Å². The summed E-state index contributed by atoms with van der Waals surface area (Å²) in [7, 11) is 1.48. The number of likely N-dealkylation sites (tertiary alicyclic amines) is 1. The Balaban J connectivity index is 0.00000114. The molecule has 2 saturated heterocycles. The van der Waals surface area contributed by atoms with Gasteiger partial charge < -0.3 is 30.7 Å². The molecule has 0 radical (unpaired) electrons. The minimum absolute atomic E-state index is 0.209. The number of aromatic nitrogens is 1. The van der Waals surface area contributed by atoms with E-state index in [-0.39, 0.29) is 31.4 Å². The van der Waals surface area contributed by atoms with Gasteiger partial charge in [0.2, 0.25) is 5.91 Å². The molecule has 32 heavy (non-hydrogen) atoms. The molecule has 0 bridgehead atoms. The third-order valence-electron chi connectivity index (χ3n) is 5.91. The molecule has 2 aliphatic heterocycles. The van der Waals surface area contributed by atoms with Gasteiger partial charge in [0.15, 0.2) is 0 Å². The van der Waals surface area contributed by atoms with Crippen LogP contribution in [0.15, 0.2) is 12.3 Å². The quantitative estimate of drug-likeness (QED) is 0.439. The first-order chi connectivity index (χ1) is 15.1. The van der Waals surface area contributed by atoms with Crippen molar-refractivity contribution in [1.29, 1.82) is 0 Å². The maximum Gasteiger partial charge on any atom is 0.290 e. The zero-order valence-corrected chi connectivity index (χ0v) is 18.7. The van der Waals surface area contributed by atoms with Gasteiger partial charge in [-0.15, -0.1) is 0 Å².